The van der Waals surface area contributed by atoms with Crippen molar-refractivity contribution in [2.45, 2.75) is 12.6 Å². The van der Waals surface area contributed by atoms with Crippen molar-refractivity contribution >= 4 is 11.2 Å². The molecule has 0 radical (unpaired) electrons. The van der Waals surface area contributed by atoms with Gasteiger partial charge in [-0.15, -0.1) is 5.10 Å². The van der Waals surface area contributed by atoms with Crippen molar-refractivity contribution < 1.29 is 9.57 Å². The highest BCUT2D eigenvalue weighted by molar-refractivity contribution is 5.68. The molecular formula is C18H18N6O2. The summed E-state index contributed by atoms with van der Waals surface area (Å²) in [4.78, 5) is 13.5. The summed E-state index contributed by atoms with van der Waals surface area (Å²) in [6.07, 6.45) is 1.60. The minimum atomic E-state index is -0.0824. The van der Waals surface area contributed by atoms with Crippen LogP contribution in [0.4, 0.5) is 0 Å². The van der Waals surface area contributed by atoms with E-state index in [1.54, 1.807) is 6.20 Å². The number of aromatic nitrogens is 4. The molecule has 0 saturated carbocycles. The van der Waals surface area contributed by atoms with Gasteiger partial charge >= 0.3 is 0 Å². The number of morpholine rings is 1. The Hall–Kier alpha value is -3.02. The van der Waals surface area contributed by atoms with Gasteiger partial charge in [0, 0.05) is 25.8 Å². The van der Waals surface area contributed by atoms with Crippen molar-refractivity contribution in [2.75, 3.05) is 26.3 Å². The fourth-order valence-electron chi connectivity index (χ4n) is 3.02. The lowest BCUT2D eigenvalue weighted by molar-refractivity contribution is -0.0770. The minimum Gasteiger partial charge on any atom is -0.391 e. The molecule has 0 spiro atoms. The Kier molecular flexibility index (Phi) is 4.73. The smallest absolute Gasteiger partial charge is 0.219 e. The number of nitriles is 1. The van der Waals surface area contributed by atoms with Crippen LogP contribution in [0.15, 0.2) is 42.6 Å². The van der Waals surface area contributed by atoms with E-state index in [9.17, 15) is 5.26 Å². The maximum atomic E-state index is 9.24. The molecule has 8 heteroatoms. The van der Waals surface area contributed by atoms with Gasteiger partial charge in [0.1, 0.15) is 18.2 Å². The Balaban J connectivity index is 1.37. The van der Waals surface area contributed by atoms with Crippen LogP contribution in [0.2, 0.25) is 0 Å². The molecular weight excluding hydrogens is 332 g/mol. The average Bonchev–Trinajstić information content (AvgIpc) is 3.10. The Bertz CT molecular complexity index is 935. The number of hydrogen-bond acceptors (Lipinski definition) is 7. The second kappa shape index (κ2) is 7.47. The number of pyridine rings is 1. The molecule has 8 nitrogen and oxygen atoms in total. The maximum absolute atomic E-state index is 9.24. The first-order valence-electron chi connectivity index (χ1n) is 8.45. The standard InChI is InChI=1S/C18H18N6O2/c19-10-14-4-1-2-5-15(14)11-23-8-9-25-16(12-23)13-26-24-18-17(21-22-24)6-3-7-20-18/h1-7,16H,8-9,11-13H2. The molecule has 1 aliphatic rings. The summed E-state index contributed by atoms with van der Waals surface area (Å²) in [6.45, 7) is 3.24. The molecule has 0 bridgehead atoms. The molecule has 3 aromatic rings. The number of rotatable bonds is 5. The molecule has 0 amide bonds. The van der Waals surface area contributed by atoms with Gasteiger partial charge < -0.3 is 9.57 Å². The molecule has 1 saturated heterocycles. The SMILES string of the molecule is N#Cc1ccccc1CN1CCOC(COn2nnc3cccnc32)C1. The molecule has 1 fully saturated rings. The van der Waals surface area contributed by atoms with E-state index in [2.05, 4.69) is 26.3 Å². The maximum Gasteiger partial charge on any atom is 0.219 e. The van der Waals surface area contributed by atoms with Gasteiger partial charge in [0.15, 0.2) is 0 Å². The lowest BCUT2D eigenvalue weighted by Crippen LogP contribution is -2.45. The first-order valence-corrected chi connectivity index (χ1v) is 8.45. The van der Waals surface area contributed by atoms with Crippen molar-refractivity contribution in [3.8, 4) is 6.07 Å². The fraction of sp³-hybridized carbons (Fsp3) is 0.333. The normalized spacial score (nSPS) is 17.9. The molecule has 1 atom stereocenters. The number of hydrogen-bond donors (Lipinski definition) is 0. The zero-order valence-electron chi connectivity index (χ0n) is 14.2. The van der Waals surface area contributed by atoms with Gasteiger partial charge in [0.05, 0.1) is 18.2 Å². The number of nitrogens with zero attached hydrogens (tertiary/aromatic N) is 6. The van der Waals surface area contributed by atoms with Crippen LogP contribution in [0.5, 0.6) is 0 Å². The molecule has 1 aromatic carbocycles. The summed E-state index contributed by atoms with van der Waals surface area (Å²) < 4.78 is 5.80. The van der Waals surface area contributed by atoms with E-state index in [-0.39, 0.29) is 6.10 Å². The Labute approximate surface area is 150 Å². The summed E-state index contributed by atoms with van der Waals surface area (Å²) in [6, 6.07) is 13.6. The van der Waals surface area contributed by atoms with Crippen LogP contribution in [0.25, 0.3) is 11.2 Å². The van der Waals surface area contributed by atoms with Gasteiger partial charge in [-0.05, 0) is 29.0 Å². The van der Waals surface area contributed by atoms with Gasteiger partial charge in [-0.2, -0.15) is 5.26 Å². The van der Waals surface area contributed by atoms with Gasteiger partial charge in [0.25, 0.3) is 0 Å². The first kappa shape index (κ1) is 16.4. The quantitative estimate of drug-likeness (QED) is 0.679. The van der Waals surface area contributed by atoms with Gasteiger partial charge in [0.2, 0.25) is 5.65 Å². The highest BCUT2D eigenvalue weighted by atomic mass is 16.7. The lowest BCUT2D eigenvalue weighted by Gasteiger charge is -2.32. The molecule has 0 N–H and O–H groups in total. The molecule has 0 aliphatic carbocycles. The highest BCUT2D eigenvalue weighted by Gasteiger charge is 2.22. The number of ether oxygens (including phenoxy) is 1. The van der Waals surface area contributed by atoms with E-state index in [0.29, 0.717) is 29.9 Å². The van der Waals surface area contributed by atoms with E-state index in [1.807, 2.05) is 36.4 Å². The first-order chi connectivity index (χ1) is 12.8. The third-order valence-corrected chi connectivity index (χ3v) is 4.32. The van der Waals surface area contributed by atoms with Crippen molar-refractivity contribution in [3.05, 3.63) is 53.7 Å². The second-order valence-electron chi connectivity index (χ2n) is 6.10. The predicted molar refractivity (Wildman–Crippen MR) is 92.9 cm³/mol. The summed E-state index contributed by atoms with van der Waals surface area (Å²) in [5, 5.41) is 17.2. The van der Waals surface area contributed by atoms with Crippen LogP contribution < -0.4 is 4.84 Å². The van der Waals surface area contributed by atoms with E-state index < -0.39 is 0 Å². The lowest BCUT2D eigenvalue weighted by atomic mass is 10.1. The van der Waals surface area contributed by atoms with Crippen LogP contribution in [-0.4, -0.2) is 57.4 Å². The van der Waals surface area contributed by atoms with Crippen molar-refractivity contribution in [1.82, 2.24) is 25.0 Å². The molecule has 2 aromatic heterocycles. The second-order valence-corrected chi connectivity index (χ2v) is 6.10. The summed E-state index contributed by atoms with van der Waals surface area (Å²) >= 11 is 0. The molecule has 1 unspecified atom stereocenters. The minimum absolute atomic E-state index is 0.0824. The Morgan fingerprint density at radius 3 is 3.12 bits per heavy atom. The molecule has 3 heterocycles. The monoisotopic (exact) mass is 350 g/mol. The largest absolute Gasteiger partial charge is 0.391 e. The van der Waals surface area contributed by atoms with Gasteiger partial charge in [-0.3, -0.25) is 4.90 Å². The molecule has 1 aliphatic heterocycles. The topological polar surface area (TPSA) is 89.1 Å². The van der Waals surface area contributed by atoms with Gasteiger partial charge in [-0.1, -0.05) is 23.0 Å². The van der Waals surface area contributed by atoms with Crippen molar-refractivity contribution in [2.24, 2.45) is 0 Å². The Morgan fingerprint density at radius 1 is 1.27 bits per heavy atom. The summed E-state index contributed by atoms with van der Waals surface area (Å²) in [5.74, 6) is 0. The zero-order chi connectivity index (χ0) is 17.8. The summed E-state index contributed by atoms with van der Waals surface area (Å²) in [5.41, 5.74) is 3.02. The number of benzene rings is 1. The summed E-state index contributed by atoms with van der Waals surface area (Å²) in [7, 11) is 0. The Morgan fingerprint density at radius 2 is 2.19 bits per heavy atom. The average molecular weight is 350 g/mol. The molecule has 4 rings (SSSR count). The third-order valence-electron chi connectivity index (χ3n) is 4.32. The van der Waals surface area contributed by atoms with E-state index in [4.69, 9.17) is 9.57 Å². The fourth-order valence-corrected chi connectivity index (χ4v) is 3.02. The van der Waals surface area contributed by atoms with Crippen LogP contribution in [-0.2, 0) is 11.3 Å². The highest BCUT2D eigenvalue weighted by Crippen LogP contribution is 2.14. The van der Waals surface area contributed by atoms with Crippen molar-refractivity contribution in [3.63, 3.8) is 0 Å². The van der Waals surface area contributed by atoms with Crippen LogP contribution in [0.3, 0.4) is 0 Å². The molecule has 132 valence electrons. The molecule has 26 heavy (non-hydrogen) atoms. The van der Waals surface area contributed by atoms with Crippen LogP contribution in [0.1, 0.15) is 11.1 Å². The third kappa shape index (κ3) is 3.49. The van der Waals surface area contributed by atoms with Crippen LogP contribution in [0, 0.1) is 11.3 Å². The van der Waals surface area contributed by atoms with E-state index in [0.717, 1.165) is 25.2 Å². The predicted octanol–water partition coefficient (Wildman–Crippen LogP) is 1.03. The zero-order valence-corrected chi connectivity index (χ0v) is 14.2. The van der Waals surface area contributed by atoms with E-state index in [1.165, 1.54) is 4.85 Å². The van der Waals surface area contributed by atoms with E-state index >= 15 is 0 Å². The van der Waals surface area contributed by atoms with Gasteiger partial charge in [-0.25, -0.2) is 4.98 Å². The van der Waals surface area contributed by atoms with Crippen molar-refractivity contribution in [1.29, 1.82) is 5.26 Å². The van der Waals surface area contributed by atoms with Crippen LogP contribution >= 0.6 is 0 Å². The number of fused-ring (bicyclic) bond motifs is 1.